The van der Waals surface area contributed by atoms with Crippen molar-refractivity contribution in [1.29, 1.82) is 0 Å². The van der Waals surface area contributed by atoms with Gasteiger partial charge in [-0.3, -0.25) is 4.98 Å². The Morgan fingerprint density at radius 3 is 2.17 bits per heavy atom. The fourth-order valence-corrected chi connectivity index (χ4v) is 2.87. The molecule has 2 aromatic rings. The number of rotatable bonds is 3. The fraction of sp³-hybridized carbons (Fsp3) is 0.421. The third-order valence-electron chi connectivity index (χ3n) is 3.46. The zero-order valence-electron chi connectivity index (χ0n) is 15.2. The first-order valence-electron chi connectivity index (χ1n) is 8.59. The second-order valence-electron chi connectivity index (χ2n) is 4.77. The Bertz CT molecular complexity index is 670. The van der Waals surface area contributed by atoms with Crippen LogP contribution in [0.3, 0.4) is 0 Å². The molecule has 0 atom stereocenters. The molecule has 0 fully saturated rings. The summed E-state index contributed by atoms with van der Waals surface area (Å²) in [5, 5.41) is 2.37. The predicted octanol–water partition coefficient (Wildman–Crippen LogP) is 5.99. The summed E-state index contributed by atoms with van der Waals surface area (Å²) < 4.78 is 0. The summed E-state index contributed by atoms with van der Waals surface area (Å²) in [6.07, 6.45) is 0. The average molecular weight is 368 g/mol. The normalized spacial score (nSPS) is 13.5. The molecule has 1 aliphatic heterocycles. The van der Waals surface area contributed by atoms with Crippen molar-refractivity contribution in [3.05, 3.63) is 52.4 Å². The molecule has 132 valence electrons. The Balaban J connectivity index is 0.000000671. The predicted molar refractivity (Wildman–Crippen MR) is 106 cm³/mol. The standard InChI is InChI=1S/C15H15Cl2N3.2C2H6/c1-2-19-10-20(15(17)14(19)16)9-12-8-7-11-5-3-4-6-13(11)18-12;2*1-2/h3-8H,2,9-10H2,1H3;2*1-2H3. The van der Waals surface area contributed by atoms with Crippen molar-refractivity contribution in [2.45, 2.75) is 41.2 Å². The number of aromatic nitrogens is 1. The molecule has 3 nitrogen and oxygen atoms in total. The Labute approximate surface area is 155 Å². The maximum atomic E-state index is 6.27. The van der Waals surface area contributed by atoms with E-state index in [0.29, 0.717) is 23.5 Å². The van der Waals surface area contributed by atoms with E-state index >= 15 is 0 Å². The highest BCUT2D eigenvalue weighted by atomic mass is 35.5. The Morgan fingerprint density at radius 1 is 0.917 bits per heavy atom. The van der Waals surface area contributed by atoms with Gasteiger partial charge in [0.25, 0.3) is 0 Å². The monoisotopic (exact) mass is 367 g/mol. The lowest BCUT2D eigenvalue weighted by molar-refractivity contribution is 0.259. The van der Waals surface area contributed by atoms with E-state index in [1.807, 2.05) is 61.8 Å². The number of para-hydroxylation sites is 1. The molecule has 0 radical (unpaired) electrons. The van der Waals surface area contributed by atoms with Crippen molar-refractivity contribution < 1.29 is 0 Å². The van der Waals surface area contributed by atoms with E-state index in [1.165, 1.54) is 0 Å². The van der Waals surface area contributed by atoms with Crippen LogP contribution in [-0.4, -0.2) is 28.0 Å². The van der Waals surface area contributed by atoms with E-state index in [9.17, 15) is 0 Å². The van der Waals surface area contributed by atoms with Crippen LogP contribution in [0.5, 0.6) is 0 Å². The van der Waals surface area contributed by atoms with Crippen molar-refractivity contribution in [3.63, 3.8) is 0 Å². The largest absolute Gasteiger partial charge is 0.342 e. The van der Waals surface area contributed by atoms with Crippen molar-refractivity contribution in [1.82, 2.24) is 14.8 Å². The number of nitrogens with zero attached hydrogens (tertiary/aromatic N) is 3. The van der Waals surface area contributed by atoms with E-state index < -0.39 is 0 Å². The van der Waals surface area contributed by atoms with Crippen LogP contribution in [0, 0.1) is 0 Å². The molecule has 0 aliphatic carbocycles. The molecule has 1 aromatic heterocycles. The summed E-state index contributed by atoms with van der Waals surface area (Å²) in [6, 6.07) is 12.2. The highest BCUT2D eigenvalue weighted by Gasteiger charge is 2.25. The Kier molecular flexibility index (Phi) is 8.94. The number of hydrogen-bond donors (Lipinski definition) is 0. The highest BCUT2D eigenvalue weighted by Crippen LogP contribution is 2.30. The van der Waals surface area contributed by atoms with Gasteiger partial charge in [0.15, 0.2) is 0 Å². The lowest BCUT2D eigenvalue weighted by atomic mass is 10.2. The summed E-state index contributed by atoms with van der Waals surface area (Å²) in [5.74, 6) is 0. The third kappa shape index (κ3) is 4.78. The molecule has 0 unspecified atom stereocenters. The number of benzene rings is 1. The molecule has 1 aliphatic rings. The summed E-state index contributed by atoms with van der Waals surface area (Å²) >= 11 is 12.5. The average Bonchev–Trinajstić information content (AvgIpc) is 2.93. The van der Waals surface area contributed by atoms with Crippen LogP contribution >= 0.6 is 23.2 Å². The first kappa shape index (κ1) is 20.6. The second kappa shape index (κ2) is 10.4. The molecule has 0 saturated carbocycles. The molecule has 24 heavy (non-hydrogen) atoms. The maximum absolute atomic E-state index is 6.27. The number of fused-ring (bicyclic) bond motifs is 1. The van der Waals surface area contributed by atoms with Gasteiger partial charge >= 0.3 is 0 Å². The molecule has 3 rings (SSSR count). The fourth-order valence-electron chi connectivity index (χ4n) is 2.34. The van der Waals surface area contributed by atoms with Gasteiger partial charge in [-0.05, 0) is 19.1 Å². The lowest BCUT2D eigenvalue weighted by Crippen LogP contribution is -2.26. The quantitative estimate of drug-likeness (QED) is 0.621. The summed E-state index contributed by atoms with van der Waals surface area (Å²) in [5.41, 5.74) is 1.99. The van der Waals surface area contributed by atoms with Gasteiger partial charge in [-0.2, -0.15) is 0 Å². The first-order chi connectivity index (χ1) is 11.7. The van der Waals surface area contributed by atoms with Crippen LogP contribution in [0.25, 0.3) is 10.9 Å². The first-order valence-corrected chi connectivity index (χ1v) is 9.34. The second-order valence-corrected chi connectivity index (χ2v) is 5.49. The molecule has 5 heteroatoms. The smallest absolute Gasteiger partial charge is 0.142 e. The topological polar surface area (TPSA) is 19.4 Å². The molecule has 0 N–H and O–H groups in total. The molecule has 0 bridgehead atoms. The molecule has 2 heterocycles. The minimum Gasteiger partial charge on any atom is -0.342 e. The molecule has 1 aromatic carbocycles. The highest BCUT2D eigenvalue weighted by molar-refractivity contribution is 6.38. The molecular weight excluding hydrogens is 341 g/mol. The van der Waals surface area contributed by atoms with Gasteiger partial charge in [-0.15, -0.1) is 0 Å². The zero-order valence-corrected chi connectivity index (χ0v) is 16.7. The molecule has 0 spiro atoms. The van der Waals surface area contributed by atoms with Crippen LogP contribution < -0.4 is 0 Å². The van der Waals surface area contributed by atoms with Gasteiger partial charge in [0.05, 0.1) is 24.4 Å². The summed E-state index contributed by atoms with van der Waals surface area (Å²) in [4.78, 5) is 8.73. The van der Waals surface area contributed by atoms with Gasteiger partial charge in [-0.1, -0.05) is 75.2 Å². The summed E-state index contributed by atoms with van der Waals surface area (Å²) in [6.45, 7) is 12.3. The summed E-state index contributed by atoms with van der Waals surface area (Å²) in [7, 11) is 0. The van der Waals surface area contributed by atoms with E-state index in [4.69, 9.17) is 23.2 Å². The molecule has 0 saturated heterocycles. The van der Waals surface area contributed by atoms with Crippen LogP contribution in [0.4, 0.5) is 0 Å². The minimum atomic E-state index is 0.600. The van der Waals surface area contributed by atoms with Gasteiger partial charge in [0.2, 0.25) is 0 Å². The van der Waals surface area contributed by atoms with Gasteiger partial charge < -0.3 is 9.80 Å². The van der Waals surface area contributed by atoms with E-state index in [-0.39, 0.29) is 0 Å². The number of hydrogen-bond acceptors (Lipinski definition) is 3. The van der Waals surface area contributed by atoms with E-state index in [0.717, 1.165) is 23.1 Å². The van der Waals surface area contributed by atoms with E-state index in [1.54, 1.807) is 0 Å². The van der Waals surface area contributed by atoms with Crippen molar-refractivity contribution in [2.24, 2.45) is 0 Å². The molecular formula is C19H27Cl2N3. The lowest BCUT2D eigenvalue weighted by Gasteiger charge is -2.20. The van der Waals surface area contributed by atoms with Gasteiger partial charge in [0, 0.05) is 11.9 Å². The SMILES string of the molecule is CC.CC.CCN1CN(Cc2ccc3ccccc3n2)C(Cl)=C1Cl. The third-order valence-corrected chi connectivity index (χ3v) is 4.39. The number of pyridine rings is 1. The van der Waals surface area contributed by atoms with Crippen LogP contribution in [0.2, 0.25) is 0 Å². The Hall–Kier alpha value is -1.45. The van der Waals surface area contributed by atoms with Crippen LogP contribution in [-0.2, 0) is 6.54 Å². The van der Waals surface area contributed by atoms with Crippen molar-refractivity contribution in [2.75, 3.05) is 13.2 Å². The van der Waals surface area contributed by atoms with Gasteiger partial charge in [-0.25, -0.2) is 0 Å². The Morgan fingerprint density at radius 2 is 1.54 bits per heavy atom. The molecule has 0 amide bonds. The van der Waals surface area contributed by atoms with Crippen LogP contribution in [0.15, 0.2) is 46.7 Å². The zero-order chi connectivity index (χ0) is 18.1. The van der Waals surface area contributed by atoms with Crippen molar-refractivity contribution >= 4 is 34.1 Å². The van der Waals surface area contributed by atoms with Crippen LogP contribution in [0.1, 0.15) is 40.3 Å². The number of halogens is 2. The minimum absolute atomic E-state index is 0.600. The van der Waals surface area contributed by atoms with Crippen molar-refractivity contribution in [3.8, 4) is 0 Å². The maximum Gasteiger partial charge on any atom is 0.142 e. The van der Waals surface area contributed by atoms with E-state index in [2.05, 4.69) is 24.0 Å². The van der Waals surface area contributed by atoms with Gasteiger partial charge in [0.1, 0.15) is 10.3 Å².